The molecule has 6 heteroatoms. The topological polar surface area (TPSA) is 82.8 Å². The van der Waals surface area contributed by atoms with E-state index in [1.807, 2.05) is 35.2 Å². The van der Waals surface area contributed by atoms with E-state index in [1.54, 1.807) is 12.1 Å². The van der Waals surface area contributed by atoms with Gasteiger partial charge < -0.3 is 19.7 Å². The Balaban J connectivity index is 1.48. The molecule has 1 fully saturated rings. The number of aliphatic hydroxyl groups excluding tert-OH is 1. The molecule has 2 atom stereocenters. The summed E-state index contributed by atoms with van der Waals surface area (Å²) in [6.45, 7) is 0.972. The highest BCUT2D eigenvalue weighted by Crippen LogP contribution is 2.27. The van der Waals surface area contributed by atoms with Crippen molar-refractivity contribution in [2.75, 3.05) is 13.1 Å². The Hall–Kier alpha value is -2.60. The molecule has 2 aromatic rings. The standard InChI is InChI=1S/C20H24N2O4/c23-17(15-6-2-1-3-7-15)14-16-8-4-12-22(16)19(24)10-11-21-20(25)18-9-5-13-26-18/h1-3,5-7,9,13,16-17,23H,4,8,10-12,14H2,(H,21,25). The maximum absolute atomic E-state index is 12.5. The minimum atomic E-state index is -0.576. The third-order valence-electron chi connectivity index (χ3n) is 4.75. The predicted molar refractivity (Wildman–Crippen MR) is 96.4 cm³/mol. The largest absolute Gasteiger partial charge is 0.459 e. The summed E-state index contributed by atoms with van der Waals surface area (Å²) in [5, 5.41) is 13.1. The van der Waals surface area contributed by atoms with Crippen LogP contribution < -0.4 is 5.32 Å². The van der Waals surface area contributed by atoms with E-state index in [2.05, 4.69) is 5.32 Å². The summed E-state index contributed by atoms with van der Waals surface area (Å²) in [6, 6.07) is 12.8. The number of carbonyl (C=O) groups excluding carboxylic acids is 2. The lowest BCUT2D eigenvalue weighted by Gasteiger charge is -2.27. The van der Waals surface area contributed by atoms with E-state index in [0.29, 0.717) is 13.0 Å². The van der Waals surface area contributed by atoms with Crippen molar-refractivity contribution in [3.8, 4) is 0 Å². The minimum Gasteiger partial charge on any atom is -0.459 e. The van der Waals surface area contributed by atoms with Crippen molar-refractivity contribution < 1.29 is 19.1 Å². The van der Waals surface area contributed by atoms with Crippen molar-refractivity contribution in [2.45, 2.75) is 37.8 Å². The Morgan fingerprint density at radius 1 is 1.23 bits per heavy atom. The number of nitrogens with one attached hydrogen (secondary N) is 1. The van der Waals surface area contributed by atoms with Crippen molar-refractivity contribution in [3.63, 3.8) is 0 Å². The lowest BCUT2D eigenvalue weighted by Crippen LogP contribution is -2.38. The first-order chi connectivity index (χ1) is 12.6. The normalized spacial score (nSPS) is 17.9. The van der Waals surface area contributed by atoms with Gasteiger partial charge in [-0.3, -0.25) is 9.59 Å². The first-order valence-corrected chi connectivity index (χ1v) is 8.99. The second kappa shape index (κ2) is 8.67. The fourth-order valence-corrected chi connectivity index (χ4v) is 3.40. The average Bonchev–Trinajstić information content (AvgIpc) is 3.34. The highest BCUT2D eigenvalue weighted by molar-refractivity contribution is 5.91. The zero-order valence-electron chi connectivity index (χ0n) is 14.6. The lowest BCUT2D eigenvalue weighted by molar-refractivity contribution is -0.132. The van der Waals surface area contributed by atoms with Gasteiger partial charge in [0.1, 0.15) is 0 Å². The smallest absolute Gasteiger partial charge is 0.286 e. The molecule has 0 bridgehead atoms. The maximum Gasteiger partial charge on any atom is 0.286 e. The number of likely N-dealkylation sites (tertiary alicyclic amines) is 1. The second-order valence-corrected chi connectivity index (χ2v) is 6.53. The molecule has 26 heavy (non-hydrogen) atoms. The number of hydrogen-bond donors (Lipinski definition) is 2. The minimum absolute atomic E-state index is 0.00695. The SMILES string of the molecule is O=C(NCCC(=O)N1CCCC1CC(O)c1ccccc1)c1ccco1. The molecule has 1 aromatic heterocycles. The van der Waals surface area contributed by atoms with Crippen molar-refractivity contribution in [1.29, 1.82) is 0 Å². The predicted octanol–water partition coefficient (Wildman–Crippen LogP) is 2.51. The molecule has 1 aliphatic heterocycles. The average molecular weight is 356 g/mol. The first kappa shape index (κ1) is 18.2. The molecular weight excluding hydrogens is 332 g/mol. The number of nitrogens with zero attached hydrogens (tertiary/aromatic N) is 1. The molecule has 0 radical (unpaired) electrons. The van der Waals surface area contributed by atoms with Crippen LogP contribution in [0.5, 0.6) is 0 Å². The number of amides is 2. The maximum atomic E-state index is 12.5. The van der Waals surface area contributed by atoms with Gasteiger partial charge in [0.05, 0.1) is 12.4 Å². The van der Waals surface area contributed by atoms with E-state index in [4.69, 9.17) is 4.42 Å². The van der Waals surface area contributed by atoms with Crippen LogP contribution in [0.2, 0.25) is 0 Å². The summed E-state index contributed by atoms with van der Waals surface area (Å²) in [7, 11) is 0. The highest BCUT2D eigenvalue weighted by atomic mass is 16.3. The summed E-state index contributed by atoms with van der Waals surface area (Å²) < 4.78 is 5.02. The zero-order chi connectivity index (χ0) is 18.4. The Bertz CT molecular complexity index is 715. The van der Waals surface area contributed by atoms with Crippen LogP contribution in [-0.4, -0.2) is 41.0 Å². The Morgan fingerprint density at radius 3 is 2.77 bits per heavy atom. The van der Waals surface area contributed by atoms with Gasteiger partial charge in [-0.2, -0.15) is 0 Å². The first-order valence-electron chi connectivity index (χ1n) is 8.99. The van der Waals surface area contributed by atoms with Crippen LogP contribution in [0.15, 0.2) is 53.1 Å². The summed E-state index contributed by atoms with van der Waals surface area (Å²) in [5.74, 6) is -0.0738. The number of benzene rings is 1. The number of rotatable bonds is 7. The van der Waals surface area contributed by atoms with Gasteiger partial charge >= 0.3 is 0 Å². The summed E-state index contributed by atoms with van der Waals surface area (Å²) in [5.41, 5.74) is 0.873. The molecule has 2 amide bonds. The van der Waals surface area contributed by atoms with Gasteiger partial charge in [-0.1, -0.05) is 30.3 Å². The van der Waals surface area contributed by atoms with Gasteiger partial charge in [-0.05, 0) is 37.0 Å². The molecule has 0 saturated carbocycles. The van der Waals surface area contributed by atoms with Crippen molar-refractivity contribution in [2.24, 2.45) is 0 Å². The second-order valence-electron chi connectivity index (χ2n) is 6.53. The van der Waals surface area contributed by atoms with E-state index in [-0.39, 0.29) is 36.6 Å². The third-order valence-corrected chi connectivity index (χ3v) is 4.75. The van der Waals surface area contributed by atoms with Crippen LogP contribution in [0, 0.1) is 0 Å². The van der Waals surface area contributed by atoms with Crippen LogP contribution >= 0.6 is 0 Å². The van der Waals surface area contributed by atoms with Crippen LogP contribution in [0.25, 0.3) is 0 Å². The highest BCUT2D eigenvalue weighted by Gasteiger charge is 2.30. The summed E-state index contributed by atoms with van der Waals surface area (Å²) in [6.07, 6.45) is 3.48. The van der Waals surface area contributed by atoms with Gasteiger partial charge in [0.15, 0.2) is 5.76 Å². The monoisotopic (exact) mass is 356 g/mol. The molecule has 2 unspecified atom stereocenters. The lowest BCUT2D eigenvalue weighted by atomic mass is 10.0. The molecular formula is C20H24N2O4. The quantitative estimate of drug-likeness (QED) is 0.799. The fourth-order valence-electron chi connectivity index (χ4n) is 3.40. The van der Waals surface area contributed by atoms with Gasteiger partial charge in [0, 0.05) is 25.6 Å². The number of aliphatic hydroxyl groups is 1. The molecule has 1 aliphatic rings. The summed E-state index contributed by atoms with van der Waals surface area (Å²) >= 11 is 0. The van der Waals surface area contributed by atoms with E-state index in [0.717, 1.165) is 18.4 Å². The molecule has 2 heterocycles. The zero-order valence-corrected chi connectivity index (χ0v) is 14.6. The molecule has 3 rings (SSSR count). The molecule has 1 aromatic carbocycles. The van der Waals surface area contributed by atoms with Crippen molar-refractivity contribution in [3.05, 3.63) is 60.1 Å². The summed E-state index contributed by atoms with van der Waals surface area (Å²) in [4.78, 5) is 26.2. The van der Waals surface area contributed by atoms with Crippen LogP contribution in [0.3, 0.4) is 0 Å². The molecule has 138 valence electrons. The van der Waals surface area contributed by atoms with Gasteiger partial charge in [-0.25, -0.2) is 0 Å². The molecule has 0 spiro atoms. The van der Waals surface area contributed by atoms with Crippen LogP contribution in [0.1, 0.15) is 47.9 Å². The van der Waals surface area contributed by atoms with Crippen molar-refractivity contribution in [1.82, 2.24) is 10.2 Å². The third kappa shape index (κ3) is 4.52. The Labute approximate surface area is 152 Å². The van der Waals surface area contributed by atoms with Gasteiger partial charge in [-0.15, -0.1) is 0 Å². The van der Waals surface area contributed by atoms with E-state index in [9.17, 15) is 14.7 Å². The number of carbonyl (C=O) groups is 2. The Kier molecular flexibility index (Phi) is 6.07. The van der Waals surface area contributed by atoms with Gasteiger partial charge in [0.25, 0.3) is 5.91 Å². The molecule has 2 N–H and O–H groups in total. The van der Waals surface area contributed by atoms with Crippen LogP contribution in [-0.2, 0) is 4.79 Å². The molecule has 1 saturated heterocycles. The van der Waals surface area contributed by atoms with Crippen molar-refractivity contribution >= 4 is 11.8 Å². The number of furan rings is 1. The number of hydrogen-bond acceptors (Lipinski definition) is 4. The van der Waals surface area contributed by atoms with E-state index in [1.165, 1.54) is 6.26 Å². The van der Waals surface area contributed by atoms with Crippen LogP contribution in [0.4, 0.5) is 0 Å². The fraction of sp³-hybridized carbons (Fsp3) is 0.400. The van der Waals surface area contributed by atoms with E-state index < -0.39 is 6.10 Å². The molecule has 0 aliphatic carbocycles. The Morgan fingerprint density at radius 2 is 2.04 bits per heavy atom. The van der Waals surface area contributed by atoms with E-state index >= 15 is 0 Å². The molecule has 6 nitrogen and oxygen atoms in total. The van der Waals surface area contributed by atoms with Gasteiger partial charge in [0.2, 0.25) is 5.91 Å².